The average Bonchev–Trinajstić information content (AvgIpc) is 3.35. The SMILES string of the molecule is C=C(C)C(=O)OCCOC(=O)CCC(=O)Oc1ccc(C(C)C2=C/C(=C3/C=C(C(C)c4ccc(OC(=O)CCC(=O)OCCOC(=O)C(=C)C)cc4)C(=O)c4ccccc43)c3ccccc3C2=O)cc1. The zero-order valence-electron chi connectivity index (χ0n) is 39.3. The van der Waals surface area contributed by atoms with E-state index in [1.54, 1.807) is 60.7 Å². The van der Waals surface area contributed by atoms with E-state index in [1.807, 2.05) is 62.4 Å². The van der Waals surface area contributed by atoms with Gasteiger partial charge in [-0.25, -0.2) is 9.59 Å². The Kier molecular flexibility index (Phi) is 17.3. The summed E-state index contributed by atoms with van der Waals surface area (Å²) in [6.07, 6.45) is 2.83. The number of allylic oxidation sites excluding steroid dienone is 6. The number of ether oxygens (including phenoxy) is 6. The molecule has 0 aromatic heterocycles. The fourth-order valence-corrected chi connectivity index (χ4v) is 7.58. The van der Waals surface area contributed by atoms with Crippen LogP contribution in [0.5, 0.6) is 11.5 Å². The van der Waals surface area contributed by atoms with Crippen LogP contribution in [0.3, 0.4) is 0 Å². The molecular weight excluding hydrogens is 897 g/mol. The topological polar surface area (TPSA) is 192 Å². The van der Waals surface area contributed by atoms with Gasteiger partial charge in [-0.2, -0.15) is 0 Å². The predicted octanol–water partition coefficient (Wildman–Crippen LogP) is 9.15. The molecule has 4 aromatic carbocycles. The normalized spacial score (nSPS) is 14.6. The molecule has 14 heteroatoms. The number of carbonyl (C=O) groups is 8. The van der Waals surface area contributed by atoms with Crippen LogP contribution in [-0.2, 0) is 47.7 Å². The second kappa shape index (κ2) is 23.6. The van der Waals surface area contributed by atoms with Gasteiger partial charge in [-0.1, -0.05) is 99.8 Å². The molecule has 0 fully saturated rings. The number of hydrogen-bond acceptors (Lipinski definition) is 14. The van der Waals surface area contributed by atoms with Crippen LogP contribution >= 0.6 is 0 Å². The Morgan fingerprint density at radius 2 is 0.757 bits per heavy atom. The number of fused-ring (bicyclic) bond motifs is 2. The van der Waals surface area contributed by atoms with E-state index < -0.39 is 47.7 Å². The van der Waals surface area contributed by atoms with E-state index in [-0.39, 0.29) is 86.3 Å². The Balaban J connectivity index is 1.16. The molecular formula is C56H52O14. The predicted molar refractivity (Wildman–Crippen MR) is 257 cm³/mol. The van der Waals surface area contributed by atoms with Crippen molar-refractivity contribution in [1.29, 1.82) is 0 Å². The van der Waals surface area contributed by atoms with E-state index in [0.717, 1.165) is 22.3 Å². The van der Waals surface area contributed by atoms with Crippen molar-refractivity contribution in [2.24, 2.45) is 0 Å². The van der Waals surface area contributed by atoms with Gasteiger partial charge in [0, 0.05) is 45.3 Å². The maximum Gasteiger partial charge on any atom is 0.333 e. The first-order valence-corrected chi connectivity index (χ1v) is 22.6. The number of benzene rings is 4. The zero-order chi connectivity index (χ0) is 50.5. The van der Waals surface area contributed by atoms with Crippen molar-refractivity contribution >= 4 is 58.5 Å². The number of esters is 6. The molecule has 360 valence electrons. The van der Waals surface area contributed by atoms with Gasteiger partial charge in [0.25, 0.3) is 0 Å². The van der Waals surface area contributed by atoms with Gasteiger partial charge in [-0.3, -0.25) is 28.8 Å². The summed E-state index contributed by atoms with van der Waals surface area (Å²) in [6, 6.07) is 28.2. The third-order valence-corrected chi connectivity index (χ3v) is 11.4. The molecule has 2 atom stereocenters. The summed E-state index contributed by atoms with van der Waals surface area (Å²) in [5.74, 6) is -4.43. The van der Waals surface area contributed by atoms with Crippen molar-refractivity contribution in [2.45, 2.75) is 65.2 Å². The highest BCUT2D eigenvalue weighted by Gasteiger charge is 2.33. The lowest BCUT2D eigenvalue weighted by atomic mass is 9.74. The van der Waals surface area contributed by atoms with Gasteiger partial charge in [-0.15, -0.1) is 0 Å². The molecule has 0 heterocycles. The molecule has 6 rings (SSSR count). The largest absolute Gasteiger partial charge is 0.462 e. The van der Waals surface area contributed by atoms with Crippen LogP contribution < -0.4 is 9.47 Å². The summed E-state index contributed by atoms with van der Waals surface area (Å²) in [7, 11) is 0. The zero-order valence-corrected chi connectivity index (χ0v) is 39.3. The standard InChI is InChI=1S/C56H52O14/c1-33(2)55(63)67-29-27-65-49(57)23-25-51(59)69-39-19-15-37(16-20-39)35(5)45-31-47(41-11-7-9-13-43(41)53(45)61)48-32-46(54(62)44-14-10-8-12-42(44)48)36(6)38-17-21-40(22-18-38)70-52(60)26-24-50(58)66-28-30-68-56(64)34(3)4/h7-22,31-32,35-36H,1,3,23-30H2,2,4-6H3/b48-47+. The van der Waals surface area contributed by atoms with Gasteiger partial charge in [0.2, 0.25) is 0 Å². The van der Waals surface area contributed by atoms with Gasteiger partial charge >= 0.3 is 35.8 Å². The molecule has 70 heavy (non-hydrogen) atoms. The molecule has 0 radical (unpaired) electrons. The van der Waals surface area contributed by atoms with E-state index in [9.17, 15) is 38.4 Å². The molecule has 0 amide bonds. The van der Waals surface area contributed by atoms with Crippen LogP contribution in [-0.4, -0.2) is 73.8 Å². The Hall–Kier alpha value is -8.26. The summed E-state index contributed by atoms with van der Waals surface area (Å²) in [4.78, 5) is 101. The molecule has 2 aliphatic rings. The minimum atomic E-state index is -0.651. The molecule has 2 unspecified atom stereocenters. The fraction of sp³-hybridized carbons (Fsp3) is 0.250. The van der Waals surface area contributed by atoms with Crippen LogP contribution in [0, 0.1) is 0 Å². The molecule has 0 N–H and O–H groups in total. The molecule has 0 spiro atoms. The van der Waals surface area contributed by atoms with Crippen molar-refractivity contribution in [3.8, 4) is 11.5 Å². The maximum atomic E-state index is 14.3. The van der Waals surface area contributed by atoms with Crippen molar-refractivity contribution in [2.75, 3.05) is 26.4 Å². The number of carbonyl (C=O) groups excluding carboxylic acids is 8. The molecule has 4 aromatic rings. The van der Waals surface area contributed by atoms with E-state index in [2.05, 4.69) is 13.2 Å². The molecule has 0 saturated heterocycles. The molecule has 0 aliphatic heterocycles. The van der Waals surface area contributed by atoms with Gasteiger partial charge in [0.05, 0.1) is 25.7 Å². The van der Waals surface area contributed by atoms with E-state index in [4.69, 9.17) is 28.4 Å². The van der Waals surface area contributed by atoms with Crippen molar-refractivity contribution in [3.05, 3.63) is 178 Å². The fourth-order valence-electron chi connectivity index (χ4n) is 7.58. The summed E-state index contributed by atoms with van der Waals surface area (Å²) < 4.78 is 30.7. The smallest absolute Gasteiger partial charge is 0.333 e. The molecule has 2 aliphatic carbocycles. The minimum absolute atomic E-state index is 0.137. The van der Waals surface area contributed by atoms with E-state index in [1.165, 1.54) is 13.8 Å². The molecule has 0 saturated carbocycles. The summed E-state index contributed by atoms with van der Waals surface area (Å²) in [5.41, 5.74) is 6.98. The van der Waals surface area contributed by atoms with Crippen LogP contribution in [0.25, 0.3) is 11.1 Å². The van der Waals surface area contributed by atoms with Crippen LogP contribution in [0.2, 0.25) is 0 Å². The maximum absolute atomic E-state index is 14.3. The van der Waals surface area contributed by atoms with Crippen molar-refractivity contribution < 1.29 is 66.8 Å². The third kappa shape index (κ3) is 13.0. The minimum Gasteiger partial charge on any atom is -0.462 e. The average molecular weight is 949 g/mol. The highest BCUT2D eigenvalue weighted by molar-refractivity contribution is 6.24. The Labute approximate surface area is 405 Å². The Bertz CT molecular complexity index is 2650. The highest BCUT2D eigenvalue weighted by Crippen LogP contribution is 2.44. The second-order valence-electron chi connectivity index (χ2n) is 16.6. The Morgan fingerprint density at radius 3 is 1.10 bits per heavy atom. The number of ketones is 2. The molecule has 0 bridgehead atoms. The number of hydrogen-bond donors (Lipinski definition) is 0. The van der Waals surface area contributed by atoms with Crippen LogP contribution in [0.4, 0.5) is 0 Å². The first-order valence-electron chi connectivity index (χ1n) is 22.6. The monoisotopic (exact) mass is 948 g/mol. The lowest BCUT2D eigenvalue weighted by Crippen LogP contribution is -2.19. The van der Waals surface area contributed by atoms with Gasteiger partial charge in [-0.05, 0) is 83.7 Å². The summed E-state index contributed by atoms with van der Waals surface area (Å²) in [6.45, 7) is 13.2. The third-order valence-electron chi connectivity index (χ3n) is 11.4. The van der Waals surface area contributed by atoms with Gasteiger partial charge in [0.15, 0.2) is 11.6 Å². The lowest BCUT2D eigenvalue weighted by Gasteiger charge is -2.28. The lowest BCUT2D eigenvalue weighted by molar-refractivity contribution is -0.151. The van der Waals surface area contributed by atoms with Gasteiger partial charge < -0.3 is 28.4 Å². The quantitative estimate of drug-likeness (QED) is 0.0268. The highest BCUT2D eigenvalue weighted by atomic mass is 16.6. The summed E-state index contributed by atoms with van der Waals surface area (Å²) in [5, 5.41) is 0. The molecule has 14 nitrogen and oxygen atoms in total. The first-order chi connectivity index (χ1) is 33.5. The second-order valence-corrected chi connectivity index (χ2v) is 16.6. The first kappa shape index (κ1) is 51.1. The van der Waals surface area contributed by atoms with Crippen molar-refractivity contribution in [1.82, 2.24) is 0 Å². The van der Waals surface area contributed by atoms with Gasteiger partial charge in [0.1, 0.15) is 37.9 Å². The number of Topliss-reactive ketones (excluding diaryl/α,β-unsaturated/α-hetero) is 2. The summed E-state index contributed by atoms with van der Waals surface area (Å²) >= 11 is 0. The van der Waals surface area contributed by atoms with Crippen molar-refractivity contribution in [3.63, 3.8) is 0 Å². The van der Waals surface area contributed by atoms with Crippen LogP contribution in [0.15, 0.2) is 145 Å². The Morgan fingerprint density at radius 1 is 0.443 bits per heavy atom. The van der Waals surface area contributed by atoms with E-state index >= 15 is 0 Å². The number of rotatable bonds is 20. The van der Waals surface area contributed by atoms with Crippen LogP contribution in [0.1, 0.15) is 108 Å². The van der Waals surface area contributed by atoms with E-state index in [0.29, 0.717) is 33.4 Å².